The molecule has 0 aromatic carbocycles. The maximum Gasteiger partial charge on any atom is 0.101 e. The third-order valence-electron chi connectivity index (χ3n) is 2.79. The number of hydrogen-bond donors (Lipinski definition) is 1. The molecule has 2 rings (SSSR count). The topological polar surface area (TPSA) is 48.7 Å². The Morgan fingerprint density at radius 2 is 2.25 bits per heavy atom. The molecule has 1 aromatic heterocycles. The fourth-order valence-electron chi connectivity index (χ4n) is 1.78. The Hall–Kier alpha value is -1.05. The third kappa shape index (κ3) is 3.22. The van der Waals surface area contributed by atoms with E-state index in [-0.39, 0.29) is 0 Å². The Kier molecular flexibility index (Phi) is 4.20. The average Bonchev–Trinajstić information content (AvgIpc) is 2.38. The molecule has 0 bridgehead atoms. The molecule has 1 aliphatic heterocycles. The first-order valence-electron chi connectivity index (χ1n) is 5.58. The van der Waals surface area contributed by atoms with Gasteiger partial charge < -0.3 is 5.32 Å². The van der Waals surface area contributed by atoms with Gasteiger partial charge in [0.25, 0.3) is 0 Å². The van der Waals surface area contributed by atoms with Gasteiger partial charge in [-0.1, -0.05) is 0 Å². The molecule has 1 aromatic rings. The molecule has 0 atom stereocenters. The van der Waals surface area contributed by atoms with Crippen LogP contribution in [-0.2, 0) is 0 Å². The Morgan fingerprint density at radius 1 is 1.44 bits per heavy atom. The Morgan fingerprint density at radius 3 is 2.88 bits per heavy atom. The van der Waals surface area contributed by atoms with Crippen LogP contribution in [0.2, 0.25) is 0 Å². The second-order valence-electron chi connectivity index (χ2n) is 4.00. The van der Waals surface area contributed by atoms with Gasteiger partial charge in [0, 0.05) is 11.9 Å². The van der Waals surface area contributed by atoms with Crippen LogP contribution in [0.25, 0.3) is 0 Å². The molecule has 0 spiro atoms. The summed E-state index contributed by atoms with van der Waals surface area (Å²) < 4.78 is 0. The summed E-state index contributed by atoms with van der Waals surface area (Å²) in [5, 5.41) is 13.1. The number of nitrogens with zero attached hydrogens (tertiary/aromatic N) is 2. The Balaban J connectivity index is 1.82. The first-order valence-corrected chi connectivity index (χ1v) is 6.57. The van der Waals surface area contributed by atoms with E-state index in [1.807, 2.05) is 12.1 Å². The zero-order valence-electron chi connectivity index (χ0n) is 9.15. The second kappa shape index (κ2) is 5.88. The van der Waals surface area contributed by atoms with Crippen LogP contribution >= 0.6 is 11.8 Å². The van der Waals surface area contributed by atoms with Gasteiger partial charge in [0.1, 0.15) is 6.07 Å². The van der Waals surface area contributed by atoms with Crippen molar-refractivity contribution in [2.75, 3.05) is 18.8 Å². The first kappa shape index (κ1) is 11.4. The van der Waals surface area contributed by atoms with Gasteiger partial charge in [0.2, 0.25) is 0 Å². The zero-order valence-corrected chi connectivity index (χ0v) is 9.96. The summed E-state index contributed by atoms with van der Waals surface area (Å²) in [6.07, 6.45) is 4.18. The maximum atomic E-state index is 8.66. The standard InChI is InChI=1S/C12H15N3S/c13-7-11-1-2-12(15-8-11)16-9-10-3-5-14-6-4-10/h1-2,8,10,14H,3-6,9H2. The monoisotopic (exact) mass is 233 g/mol. The van der Waals surface area contributed by atoms with Crippen LogP contribution in [0.15, 0.2) is 23.4 Å². The summed E-state index contributed by atoms with van der Waals surface area (Å²) >= 11 is 1.80. The van der Waals surface area contributed by atoms with E-state index in [0.29, 0.717) is 5.56 Å². The smallest absolute Gasteiger partial charge is 0.101 e. The van der Waals surface area contributed by atoms with Crippen molar-refractivity contribution in [3.05, 3.63) is 23.9 Å². The molecule has 0 radical (unpaired) electrons. The molecule has 0 aliphatic carbocycles. The van der Waals surface area contributed by atoms with E-state index in [9.17, 15) is 0 Å². The molecular formula is C12H15N3S. The van der Waals surface area contributed by atoms with Crippen LogP contribution in [0.3, 0.4) is 0 Å². The molecule has 84 valence electrons. The predicted octanol–water partition coefficient (Wildman–Crippen LogP) is 2.04. The van der Waals surface area contributed by atoms with Crippen molar-refractivity contribution >= 4 is 11.8 Å². The van der Waals surface area contributed by atoms with Crippen molar-refractivity contribution < 1.29 is 0 Å². The van der Waals surface area contributed by atoms with Crippen LogP contribution in [0, 0.1) is 17.2 Å². The summed E-state index contributed by atoms with van der Waals surface area (Å²) in [5.74, 6) is 1.95. The van der Waals surface area contributed by atoms with Gasteiger partial charge in [0.05, 0.1) is 10.6 Å². The van der Waals surface area contributed by atoms with E-state index < -0.39 is 0 Å². The van der Waals surface area contributed by atoms with Crippen molar-refractivity contribution in [3.63, 3.8) is 0 Å². The minimum absolute atomic E-state index is 0.631. The van der Waals surface area contributed by atoms with Gasteiger partial charge in [0.15, 0.2) is 0 Å². The maximum absolute atomic E-state index is 8.66. The van der Waals surface area contributed by atoms with E-state index in [2.05, 4.69) is 16.4 Å². The molecule has 3 nitrogen and oxygen atoms in total. The van der Waals surface area contributed by atoms with Gasteiger partial charge >= 0.3 is 0 Å². The fourth-order valence-corrected chi connectivity index (χ4v) is 2.81. The van der Waals surface area contributed by atoms with Crippen LogP contribution < -0.4 is 5.32 Å². The number of aromatic nitrogens is 1. The van der Waals surface area contributed by atoms with Crippen molar-refractivity contribution in [1.82, 2.24) is 10.3 Å². The van der Waals surface area contributed by atoms with Crippen LogP contribution in [0.4, 0.5) is 0 Å². The highest BCUT2D eigenvalue weighted by Crippen LogP contribution is 2.23. The lowest BCUT2D eigenvalue weighted by molar-refractivity contribution is 0.408. The molecule has 16 heavy (non-hydrogen) atoms. The molecule has 1 fully saturated rings. The minimum Gasteiger partial charge on any atom is -0.317 e. The van der Waals surface area contributed by atoms with Crippen molar-refractivity contribution in [3.8, 4) is 6.07 Å². The summed E-state index contributed by atoms with van der Waals surface area (Å²) in [4.78, 5) is 4.26. The third-order valence-corrected chi connectivity index (χ3v) is 3.97. The van der Waals surface area contributed by atoms with E-state index in [0.717, 1.165) is 29.8 Å². The average molecular weight is 233 g/mol. The molecule has 0 unspecified atom stereocenters. The van der Waals surface area contributed by atoms with Gasteiger partial charge in [-0.3, -0.25) is 0 Å². The van der Waals surface area contributed by atoms with E-state index in [1.54, 1.807) is 18.0 Å². The Labute approximate surface area is 100 Å². The van der Waals surface area contributed by atoms with Crippen LogP contribution in [0.5, 0.6) is 0 Å². The van der Waals surface area contributed by atoms with Gasteiger partial charge in [-0.2, -0.15) is 5.26 Å². The van der Waals surface area contributed by atoms with E-state index >= 15 is 0 Å². The highest BCUT2D eigenvalue weighted by atomic mass is 32.2. The van der Waals surface area contributed by atoms with E-state index in [1.165, 1.54) is 12.8 Å². The molecule has 1 N–H and O–H groups in total. The SMILES string of the molecule is N#Cc1ccc(SCC2CCNCC2)nc1. The molecule has 0 saturated carbocycles. The Bertz CT molecular complexity index is 363. The van der Waals surface area contributed by atoms with Gasteiger partial charge in [-0.25, -0.2) is 4.98 Å². The normalized spacial score (nSPS) is 16.9. The fraction of sp³-hybridized carbons (Fsp3) is 0.500. The van der Waals surface area contributed by atoms with E-state index in [4.69, 9.17) is 5.26 Å². The summed E-state index contributed by atoms with van der Waals surface area (Å²) in [6.45, 7) is 2.29. The molecule has 0 amide bonds. The van der Waals surface area contributed by atoms with Gasteiger partial charge in [-0.15, -0.1) is 11.8 Å². The quantitative estimate of drug-likeness (QED) is 0.812. The van der Waals surface area contributed by atoms with Crippen molar-refractivity contribution in [1.29, 1.82) is 5.26 Å². The largest absolute Gasteiger partial charge is 0.317 e. The number of nitrogens with one attached hydrogen (secondary N) is 1. The van der Waals surface area contributed by atoms with Gasteiger partial charge in [-0.05, 0) is 44.0 Å². The number of rotatable bonds is 3. The molecule has 2 heterocycles. The summed E-state index contributed by atoms with van der Waals surface area (Å²) in [7, 11) is 0. The van der Waals surface area contributed by atoms with Crippen molar-refractivity contribution in [2.45, 2.75) is 17.9 Å². The lowest BCUT2D eigenvalue weighted by atomic mass is 10.0. The zero-order chi connectivity index (χ0) is 11.2. The predicted molar refractivity (Wildman–Crippen MR) is 65.3 cm³/mol. The number of hydrogen-bond acceptors (Lipinski definition) is 4. The molecule has 1 saturated heterocycles. The summed E-state index contributed by atoms with van der Waals surface area (Å²) in [6, 6.07) is 5.85. The highest BCUT2D eigenvalue weighted by Gasteiger charge is 2.13. The lowest BCUT2D eigenvalue weighted by Gasteiger charge is -2.21. The number of piperidine rings is 1. The highest BCUT2D eigenvalue weighted by molar-refractivity contribution is 7.99. The summed E-state index contributed by atoms with van der Waals surface area (Å²) in [5.41, 5.74) is 0.631. The lowest BCUT2D eigenvalue weighted by Crippen LogP contribution is -2.28. The molecular weight excluding hydrogens is 218 g/mol. The molecule has 1 aliphatic rings. The second-order valence-corrected chi connectivity index (χ2v) is 5.04. The minimum atomic E-state index is 0.631. The molecule has 4 heteroatoms. The number of thioether (sulfide) groups is 1. The van der Waals surface area contributed by atoms with Crippen LogP contribution in [-0.4, -0.2) is 23.8 Å². The number of pyridine rings is 1. The van der Waals surface area contributed by atoms with Crippen molar-refractivity contribution in [2.24, 2.45) is 5.92 Å². The first-order chi connectivity index (χ1) is 7.88. The van der Waals surface area contributed by atoms with Crippen LogP contribution in [0.1, 0.15) is 18.4 Å². The number of nitriles is 1.